The Hall–Kier alpha value is -3.51. The number of fused-ring (bicyclic) bond motifs is 1. The van der Waals surface area contributed by atoms with Crippen molar-refractivity contribution in [1.29, 1.82) is 0 Å². The monoisotopic (exact) mass is 623 g/mol. The van der Waals surface area contributed by atoms with Crippen LogP contribution in [0.1, 0.15) is 32.1 Å². The van der Waals surface area contributed by atoms with Gasteiger partial charge in [0, 0.05) is 56.7 Å². The van der Waals surface area contributed by atoms with Crippen LogP contribution in [0.25, 0.3) is 0 Å². The van der Waals surface area contributed by atoms with Gasteiger partial charge in [-0.2, -0.15) is 4.31 Å². The zero-order chi connectivity index (χ0) is 30.6. The quantitative estimate of drug-likeness (QED) is 0.495. The van der Waals surface area contributed by atoms with E-state index in [4.69, 9.17) is 9.47 Å². The molecule has 4 saturated carbocycles. The molecular formula is C32H41N5O6S. The fourth-order valence-electron chi connectivity index (χ4n) is 8.71. The third kappa shape index (κ3) is 5.36. The lowest BCUT2D eigenvalue weighted by molar-refractivity contribution is -0.150. The molecule has 2 amide bonds. The number of sulfonamides is 1. The van der Waals surface area contributed by atoms with Crippen molar-refractivity contribution in [2.45, 2.75) is 43.7 Å². The molecule has 0 aromatic heterocycles. The number of carbonyl (C=O) groups excluding carboxylic acids is 2. The number of urea groups is 1. The van der Waals surface area contributed by atoms with Crippen molar-refractivity contribution < 1.29 is 27.5 Å². The lowest BCUT2D eigenvalue weighted by atomic mass is 9.52. The van der Waals surface area contributed by atoms with Gasteiger partial charge in [-0.15, -0.1) is 0 Å². The van der Waals surface area contributed by atoms with E-state index in [1.807, 2.05) is 23.1 Å². The predicted octanol–water partition coefficient (Wildman–Crippen LogP) is 4.17. The highest BCUT2D eigenvalue weighted by atomic mass is 32.2. The largest absolute Gasteiger partial charge is 0.508 e. The highest BCUT2D eigenvalue weighted by molar-refractivity contribution is 7.88. The van der Waals surface area contributed by atoms with Crippen LogP contribution in [-0.4, -0.2) is 89.2 Å². The summed E-state index contributed by atoms with van der Waals surface area (Å²) in [6.45, 7) is 3.51. The van der Waals surface area contributed by atoms with Crippen LogP contribution in [0.3, 0.4) is 0 Å². The van der Waals surface area contributed by atoms with Crippen molar-refractivity contribution in [3.63, 3.8) is 0 Å². The maximum Gasteiger partial charge on any atom is 0.508 e. The fourth-order valence-corrected chi connectivity index (χ4v) is 9.54. The summed E-state index contributed by atoms with van der Waals surface area (Å²) in [5.41, 5.74) is 3.53. The summed E-state index contributed by atoms with van der Waals surface area (Å²) in [6.07, 6.45) is 5.21. The van der Waals surface area contributed by atoms with Crippen LogP contribution >= 0.6 is 0 Å². The number of piperazine rings is 1. The van der Waals surface area contributed by atoms with Crippen molar-refractivity contribution in [2.24, 2.45) is 17.8 Å². The van der Waals surface area contributed by atoms with Gasteiger partial charge in [0.1, 0.15) is 5.60 Å². The van der Waals surface area contributed by atoms with E-state index >= 15 is 0 Å². The van der Waals surface area contributed by atoms with E-state index in [9.17, 15) is 18.0 Å². The van der Waals surface area contributed by atoms with Gasteiger partial charge >= 0.3 is 12.2 Å². The summed E-state index contributed by atoms with van der Waals surface area (Å²) in [5.74, 6) is 1.11. The first-order valence-electron chi connectivity index (χ1n) is 15.6. The second-order valence-electron chi connectivity index (χ2n) is 13.1. The van der Waals surface area contributed by atoms with Gasteiger partial charge in [-0.1, -0.05) is 12.1 Å². The Morgan fingerprint density at radius 2 is 1.48 bits per heavy atom. The molecule has 44 heavy (non-hydrogen) atoms. The average molecular weight is 624 g/mol. The molecule has 8 rings (SSSR count). The Labute approximate surface area is 259 Å². The summed E-state index contributed by atoms with van der Waals surface area (Å²) in [6, 6.07) is 16.4. The third-order valence-electron chi connectivity index (χ3n) is 10.5. The zero-order valence-corrected chi connectivity index (χ0v) is 26.2. The molecule has 2 unspecified atom stereocenters. The molecule has 236 valence electrons. The second kappa shape index (κ2) is 11.1. The summed E-state index contributed by atoms with van der Waals surface area (Å²) in [7, 11) is -1.81. The molecule has 2 aliphatic heterocycles. The summed E-state index contributed by atoms with van der Waals surface area (Å²) in [5, 5.41) is 3.42. The van der Waals surface area contributed by atoms with Crippen molar-refractivity contribution in [2.75, 3.05) is 67.3 Å². The summed E-state index contributed by atoms with van der Waals surface area (Å²) < 4.78 is 35.9. The molecule has 1 saturated heterocycles. The maximum absolute atomic E-state index is 13.8. The molecular weight excluding hydrogens is 582 g/mol. The van der Waals surface area contributed by atoms with Gasteiger partial charge in [0.05, 0.1) is 24.7 Å². The molecule has 0 radical (unpaired) electrons. The van der Waals surface area contributed by atoms with Crippen molar-refractivity contribution >= 4 is 45.0 Å². The topological polar surface area (TPSA) is 112 Å². The number of hydrogen-bond acceptors (Lipinski definition) is 8. The number of benzene rings is 2. The molecule has 4 aliphatic carbocycles. The Bertz CT molecular complexity index is 1510. The number of nitrogens with one attached hydrogen (secondary N) is 1. The first kappa shape index (κ1) is 29.2. The summed E-state index contributed by atoms with van der Waals surface area (Å²) in [4.78, 5) is 32.2. The number of para-hydroxylation sites is 2. The number of carbonyl (C=O) groups is 2. The number of amides is 2. The normalized spacial score (nSPS) is 29.7. The van der Waals surface area contributed by atoms with E-state index in [-0.39, 0.29) is 12.1 Å². The van der Waals surface area contributed by atoms with Crippen molar-refractivity contribution in [1.82, 2.24) is 9.62 Å². The molecule has 2 aromatic rings. The fraction of sp³-hybridized carbons (Fsp3) is 0.562. The second-order valence-corrected chi connectivity index (χ2v) is 15.1. The van der Waals surface area contributed by atoms with E-state index in [0.29, 0.717) is 57.0 Å². The molecule has 2 heterocycles. The van der Waals surface area contributed by atoms with Gasteiger partial charge in [0.2, 0.25) is 10.0 Å². The highest BCUT2D eigenvalue weighted by Gasteiger charge is 2.58. The minimum absolute atomic E-state index is 0.0684. The number of hydrogen-bond donors (Lipinski definition) is 1. The number of anilines is 4. The highest BCUT2D eigenvalue weighted by Crippen LogP contribution is 2.57. The third-order valence-corrected chi connectivity index (χ3v) is 11.8. The molecule has 6 aliphatic rings. The van der Waals surface area contributed by atoms with Gasteiger partial charge in [-0.25, -0.2) is 18.0 Å². The van der Waals surface area contributed by atoms with E-state index in [1.165, 1.54) is 17.7 Å². The van der Waals surface area contributed by atoms with E-state index in [0.717, 1.165) is 54.9 Å². The minimum atomic E-state index is -3.17. The average Bonchev–Trinajstić information content (AvgIpc) is 3.01. The van der Waals surface area contributed by atoms with Crippen LogP contribution in [-0.2, 0) is 19.5 Å². The van der Waals surface area contributed by atoms with Crippen molar-refractivity contribution in [3.8, 4) is 0 Å². The van der Waals surface area contributed by atoms with Gasteiger partial charge in [0.15, 0.2) is 0 Å². The van der Waals surface area contributed by atoms with Crippen LogP contribution in [0.4, 0.5) is 32.3 Å². The Kier molecular flexibility index (Phi) is 7.39. The van der Waals surface area contributed by atoms with Crippen LogP contribution in [0.2, 0.25) is 0 Å². The van der Waals surface area contributed by atoms with E-state index in [2.05, 4.69) is 45.4 Å². The van der Waals surface area contributed by atoms with Crippen molar-refractivity contribution in [3.05, 3.63) is 48.5 Å². The number of nitrogens with zero attached hydrogens (tertiary/aromatic N) is 4. The van der Waals surface area contributed by atoms with Gasteiger partial charge in [-0.05, 0) is 86.3 Å². The van der Waals surface area contributed by atoms with Gasteiger partial charge in [0.25, 0.3) is 0 Å². The molecule has 12 heteroatoms. The number of methoxy groups -OCH3 is 1. The zero-order valence-electron chi connectivity index (χ0n) is 25.4. The molecule has 5 fully saturated rings. The molecule has 4 bridgehead atoms. The number of rotatable bonds is 5. The minimum Gasteiger partial charge on any atom is -0.438 e. The number of ether oxygens (including phenoxy) is 2. The molecule has 2 aromatic carbocycles. The maximum atomic E-state index is 13.8. The SMILES string of the molecule is COC(=O)OC12CC3CC(C1)C(NC(=O)N1CCN(c4ccc(N5CCN(S(C)(=O)=O)CC5)cc4)c4ccccc41)C(C3)C2. The predicted molar refractivity (Wildman–Crippen MR) is 168 cm³/mol. The van der Waals surface area contributed by atoms with Gasteiger partial charge in [-0.3, -0.25) is 4.90 Å². The standard InChI is InChI=1S/C32H41N5O6S/c1-42-31(39)43-32-19-22-17-23(20-32)29(24(18-22)21-32)33-30(38)37-16-15-36(27-5-3-4-6-28(27)37)26-9-7-25(8-10-26)34-11-13-35(14-12-34)44(2,40)41/h3-10,22-24,29H,11-21H2,1-2H3,(H,33,38). The molecule has 0 spiro atoms. The van der Waals surface area contributed by atoms with E-state index in [1.54, 1.807) is 0 Å². The molecule has 1 N–H and O–H groups in total. The molecule has 2 atom stereocenters. The first-order chi connectivity index (χ1) is 21.1. The van der Waals surface area contributed by atoms with Crippen LogP contribution < -0.4 is 20.0 Å². The van der Waals surface area contributed by atoms with E-state index < -0.39 is 21.8 Å². The Morgan fingerprint density at radius 1 is 0.841 bits per heavy atom. The first-order valence-corrected chi connectivity index (χ1v) is 17.5. The van der Waals surface area contributed by atoms with Crippen LogP contribution in [0.15, 0.2) is 48.5 Å². The van der Waals surface area contributed by atoms with Crippen LogP contribution in [0, 0.1) is 17.8 Å². The summed E-state index contributed by atoms with van der Waals surface area (Å²) >= 11 is 0. The molecule has 11 nitrogen and oxygen atoms in total. The lowest BCUT2D eigenvalue weighted by Crippen LogP contribution is -2.64. The lowest BCUT2D eigenvalue weighted by Gasteiger charge is -2.59. The smallest absolute Gasteiger partial charge is 0.438 e. The van der Waals surface area contributed by atoms with Crippen LogP contribution in [0.5, 0.6) is 0 Å². The Balaban J connectivity index is 1.03. The van der Waals surface area contributed by atoms with Gasteiger partial charge < -0.3 is 24.6 Å². The Morgan fingerprint density at radius 3 is 2.11 bits per heavy atom.